The first kappa shape index (κ1) is 13.3. The van der Waals surface area contributed by atoms with Crippen LogP contribution < -0.4 is 10.6 Å². The van der Waals surface area contributed by atoms with Crippen LogP contribution in [0.25, 0.3) is 17.2 Å². The van der Waals surface area contributed by atoms with Gasteiger partial charge >= 0.3 is 0 Å². The van der Waals surface area contributed by atoms with Crippen molar-refractivity contribution in [3.05, 3.63) is 30.6 Å². The van der Waals surface area contributed by atoms with E-state index >= 15 is 0 Å². The number of hydrogen-bond donors (Lipinski definition) is 1. The average molecular weight is 283 g/mol. The molecule has 3 rings (SSSR count). The summed E-state index contributed by atoms with van der Waals surface area (Å²) in [6.45, 7) is 5.74. The minimum absolute atomic E-state index is 0.221. The van der Waals surface area contributed by atoms with Crippen LogP contribution in [0.2, 0.25) is 0 Å². The molecule has 0 radical (unpaired) electrons. The molecule has 108 valence electrons. The van der Waals surface area contributed by atoms with Crippen LogP contribution in [-0.2, 0) is 0 Å². The molecule has 0 aliphatic heterocycles. The van der Waals surface area contributed by atoms with Gasteiger partial charge in [-0.15, -0.1) is 0 Å². The van der Waals surface area contributed by atoms with Gasteiger partial charge in [-0.05, 0) is 26.0 Å². The Balaban J connectivity index is 2.16. The number of aromatic nitrogens is 5. The van der Waals surface area contributed by atoms with E-state index in [1.165, 1.54) is 0 Å². The van der Waals surface area contributed by atoms with Crippen molar-refractivity contribution in [2.24, 2.45) is 0 Å². The molecule has 0 aliphatic rings. The second kappa shape index (κ2) is 5.35. The van der Waals surface area contributed by atoms with Gasteiger partial charge in [0.05, 0.1) is 5.69 Å². The molecular weight excluding hydrogens is 266 g/mol. The second-order valence-electron chi connectivity index (χ2n) is 4.56. The number of fused-ring (bicyclic) bond motifs is 1. The monoisotopic (exact) mass is 283 g/mol. The van der Waals surface area contributed by atoms with E-state index in [1.807, 2.05) is 33.7 Å². The van der Waals surface area contributed by atoms with Crippen LogP contribution >= 0.6 is 0 Å². The maximum atomic E-state index is 5.85. The molecule has 0 saturated heterocycles. The van der Waals surface area contributed by atoms with E-state index < -0.39 is 0 Å². The average Bonchev–Trinajstić information content (AvgIpc) is 2.96. The third-order valence-corrected chi connectivity index (χ3v) is 3.34. The molecular formula is C14H17N7. The zero-order valence-electron chi connectivity index (χ0n) is 12.1. The van der Waals surface area contributed by atoms with Gasteiger partial charge in [0, 0.05) is 25.5 Å². The molecule has 0 saturated carbocycles. The molecule has 0 amide bonds. The van der Waals surface area contributed by atoms with E-state index in [0.717, 1.165) is 24.4 Å². The number of rotatable bonds is 4. The molecule has 0 bridgehead atoms. The van der Waals surface area contributed by atoms with Crippen LogP contribution in [0.15, 0.2) is 30.6 Å². The quantitative estimate of drug-likeness (QED) is 0.783. The fourth-order valence-electron chi connectivity index (χ4n) is 2.27. The van der Waals surface area contributed by atoms with Gasteiger partial charge in [-0.2, -0.15) is 15.0 Å². The Labute approximate surface area is 122 Å². The first-order valence-electron chi connectivity index (χ1n) is 6.92. The Bertz CT molecular complexity index is 761. The van der Waals surface area contributed by atoms with Crippen molar-refractivity contribution >= 4 is 17.5 Å². The Morgan fingerprint density at radius 3 is 2.71 bits per heavy atom. The van der Waals surface area contributed by atoms with Gasteiger partial charge in [0.15, 0.2) is 5.82 Å². The molecule has 0 atom stereocenters. The third-order valence-electron chi connectivity index (χ3n) is 3.34. The molecule has 0 aromatic carbocycles. The number of nitrogen functional groups attached to an aromatic ring is 1. The van der Waals surface area contributed by atoms with Crippen molar-refractivity contribution in [3.8, 4) is 11.5 Å². The highest BCUT2D eigenvalue weighted by atomic mass is 15.3. The van der Waals surface area contributed by atoms with E-state index in [9.17, 15) is 0 Å². The summed E-state index contributed by atoms with van der Waals surface area (Å²) in [6, 6.07) is 5.80. The number of hydrogen-bond acceptors (Lipinski definition) is 6. The smallest absolute Gasteiger partial charge is 0.230 e. The summed E-state index contributed by atoms with van der Waals surface area (Å²) in [5.41, 5.74) is 7.53. The van der Waals surface area contributed by atoms with Crippen LogP contribution in [-0.4, -0.2) is 37.4 Å². The maximum absolute atomic E-state index is 5.85. The van der Waals surface area contributed by atoms with Crippen LogP contribution in [0.5, 0.6) is 0 Å². The highest BCUT2D eigenvalue weighted by Gasteiger charge is 2.13. The fourth-order valence-corrected chi connectivity index (χ4v) is 2.27. The zero-order chi connectivity index (χ0) is 14.8. The van der Waals surface area contributed by atoms with E-state index in [4.69, 9.17) is 5.73 Å². The first-order chi connectivity index (χ1) is 10.2. The summed E-state index contributed by atoms with van der Waals surface area (Å²) in [5, 5.41) is 0. The molecule has 3 aromatic heterocycles. The van der Waals surface area contributed by atoms with E-state index in [0.29, 0.717) is 11.8 Å². The van der Waals surface area contributed by atoms with Crippen LogP contribution in [0.1, 0.15) is 13.8 Å². The molecule has 2 N–H and O–H groups in total. The molecule has 3 aromatic rings. The van der Waals surface area contributed by atoms with Crippen LogP contribution in [0.3, 0.4) is 0 Å². The fraction of sp³-hybridized carbons (Fsp3) is 0.286. The molecule has 21 heavy (non-hydrogen) atoms. The first-order valence-corrected chi connectivity index (χ1v) is 6.92. The summed E-state index contributed by atoms with van der Waals surface area (Å²) in [4.78, 5) is 19.3. The maximum Gasteiger partial charge on any atom is 0.230 e. The van der Waals surface area contributed by atoms with Crippen LogP contribution in [0.4, 0.5) is 11.9 Å². The van der Waals surface area contributed by atoms with Crippen molar-refractivity contribution < 1.29 is 0 Å². The number of nitrogens with two attached hydrogens (primary N) is 1. The Morgan fingerprint density at radius 1 is 1.14 bits per heavy atom. The van der Waals surface area contributed by atoms with E-state index in [1.54, 1.807) is 6.20 Å². The van der Waals surface area contributed by atoms with E-state index in [2.05, 4.69) is 33.8 Å². The molecule has 7 heteroatoms. The molecule has 3 heterocycles. The van der Waals surface area contributed by atoms with Gasteiger partial charge < -0.3 is 10.6 Å². The summed E-state index contributed by atoms with van der Waals surface area (Å²) in [6.07, 6.45) is 3.62. The molecule has 0 spiro atoms. The summed E-state index contributed by atoms with van der Waals surface area (Å²) < 4.78 is 1.93. The van der Waals surface area contributed by atoms with Crippen molar-refractivity contribution in [2.45, 2.75) is 13.8 Å². The summed E-state index contributed by atoms with van der Waals surface area (Å²) >= 11 is 0. The number of imidazole rings is 1. The Kier molecular flexibility index (Phi) is 3.39. The van der Waals surface area contributed by atoms with Gasteiger partial charge in [0.2, 0.25) is 11.9 Å². The Hall–Kier alpha value is -2.70. The van der Waals surface area contributed by atoms with Crippen molar-refractivity contribution in [2.75, 3.05) is 23.7 Å². The molecule has 0 unspecified atom stereocenters. The number of nitrogens with zero attached hydrogens (tertiary/aromatic N) is 6. The zero-order valence-corrected chi connectivity index (χ0v) is 12.1. The highest BCUT2D eigenvalue weighted by Crippen LogP contribution is 2.19. The van der Waals surface area contributed by atoms with Crippen molar-refractivity contribution in [1.82, 2.24) is 24.3 Å². The lowest BCUT2D eigenvalue weighted by Crippen LogP contribution is -2.25. The minimum atomic E-state index is 0.221. The van der Waals surface area contributed by atoms with E-state index in [-0.39, 0.29) is 5.95 Å². The molecule has 7 nitrogen and oxygen atoms in total. The van der Waals surface area contributed by atoms with Crippen molar-refractivity contribution in [3.63, 3.8) is 0 Å². The molecule has 0 aliphatic carbocycles. The van der Waals surface area contributed by atoms with Gasteiger partial charge in [0.25, 0.3) is 0 Å². The lowest BCUT2D eigenvalue weighted by Gasteiger charge is -2.19. The SMILES string of the molecule is CCN(CC)c1nc(N)nc(-c2cccc3nccn23)n1. The van der Waals surface area contributed by atoms with Crippen LogP contribution in [0, 0.1) is 0 Å². The molecule has 0 fully saturated rings. The third kappa shape index (κ3) is 2.37. The standard InChI is InChI=1S/C14H17N7/c1-3-20(4-2)14-18-12(17-13(15)19-14)10-6-5-7-11-16-8-9-21(10)11/h5-9H,3-4H2,1-2H3,(H2,15,17,18,19). The highest BCUT2D eigenvalue weighted by molar-refractivity contribution is 5.59. The van der Waals surface area contributed by atoms with Gasteiger partial charge in [-0.3, -0.25) is 4.40 Å². The topological polar surface area (TPSA) is 85.2 Å². The Morgan fingerprint density at radius 2 is 1.95 bits per heavy atom. The lowest BCUT2D eigenvalue weighted by atomic mass is 10.3. The second-order valence-corrected chi connectivity index (χ2v) is 4.56. The predicted molar refractivity (Wildman–Crippen MR) is 82.0 cm³/mol. The minimum Gasteiger partial charge on any atom is -0.368 e. The van der Waals surface area contributed by atoms with Gasteiger partial charge in [0.1, 0.15) is 5.65 Å². The summed E-state index contributed by atoms with van der Waals surface area (Å²) in [7, 11) is 0. The number of anilines is 2. The van der Waals surface area contributed by atoms with Crippen molar-refractivity contribution in [1.29, 1.82) is 0 Å². The largest absolute Gasteiger partial charge is 0.368 e. The normalized spacial score (nSPS) is 11.0. The van der Waals surface area contributed by atoms with Gasteiger partial charge in [-0.1, -0.05) is 6.07 Å². The van der Waals surface area contributed by atoms with Gasteiger partial charge in [-0.25, -0.2) is 4.98 Å². The lowest BCUT2D eigenvalue weighted by molar-refractivity contribution is 0.815. The predicted octanol–water partition coefficient (Wildman–Crippen LogP) is 1.61. The summed E-state index contributed by atoms with van der Waals surface area (Å²) in [5.74, 6) is 1.37. The number of pyridine rings is 1.